The molecule has 0 aromatic carbocycles. The van der Waals surface area contributed by atoms with E-state index in [2.05, 4.69) is 4.98 Å². The molecule has 1 aromatic rings. The van der Waals surface area contributed by atoms with Crippen LogP contribution < -0.4 is 0 Å². The van der Waals surface area contributed by atoms with Crippen molar-refractivity contribution in [2.45, 2.75) is 27.7 Å². The monoisotopic (exact) mass is 394 g/mol. The minimum atomic E-state index is -0.566. The average molecular weight is 394 g/mol. The summed E-state index contributed by atoms with van der Waals surface area (Å²) in [6.07, 6.45) is 1.21. The largest absolute Gasteiger partial charge is 0.463 e. The first-order valence-corrected chi connectivity index (χ1v) is 9.49. The summed E-state index contributed by atoms with van der Waals surface area (Å²) in [6.45, 7) is 6.93. The van der Waals surface area contributed by atoms with Crippen LogP contribution in [-0.2, 0) is 19.1 Å². The Morgan fingerprint density at radius 3 is 2.48 bits per heavy atom. The number of esters is 2. The van der Waals surface area contributed by atoms with Crippen LogP contribution >= 0.6 is 11.8 Å². The number of H-pyrrole nitrogens is 1. The number of aryl methyl sites for hydroxylation is 1. The smallest absolute Gasteiger partial charge is 0.340 e. The number of ether oxygens (including phenoxy) is 2. The number of nitrogens with zero attached hydrogens (tertiary/aromatic N) is 1. The van der Waals surface area contributed by atoms with Crippen molar-refractivity contribution in [3.8, 4) is 0 Å². The predicted molar refractivity (Wildman–Crippen MR) is 99.4 cm³/mol. The van der Waals surface area contributed by atoms with Crippen LogP contribution in [0.1, 0.15) is 46.0 Å². The van der Waals surface area contributed by atoms with Gasteiger partial charge in [0.1, 0.15) is 0 Å². The summed E-state index contributed by atoms with van der Waals surface area (Å²) in [4.78, 5) is 52.7. The number of aromatic nitrogens is 1. The third kappa shape index (κ3) is 4.60. The highest BCUT2D eigenvalue weighted by Gasteiger charge is 2.31. The molecular formula is C18H22N2O6S. The van der Waals surface area contributed by atoms with Crippen molar-refractivity contribution in [3.63, 3.8) is 0 Å². The van der Waals surface area contributed by atoms with Gasteiger partial charge < -0.3 is 14.5 Å². The van der Waals surface area contributed by atoms with Crippen LogP contribution in [0.3, 0.4) is 0 Å². The van der Waals surface area contributed by atoms with Crippen LogP contribution in [0.15, 0.2) is 11.1 Å². The van der Waals surface area contributed by atoms with Gasteiger partial charge in [-0.2, -0.15) is 0 Å². The summed E-state index contributed by atoms with van der Waals surface area (Å²) in [6, 6.07) is 0. The van der Waals surface area contributed by atoms with E-state index in [-0.39, 0.29) is 42.9 Å². The SMILES string of the molecule is CCOC(=O)/C=C1\SCC(=O)N1CC(=O)c1[nH]c(C)c(C(=O)OCC)c1C. The van der Waals surface area contributed by atoms with E-state index in [4.69, 9.17) is 9.47 Å². The molecule has 1 aliphatic heterocycles. The first-order valence-electron chi connectivity index (χ1n) is 8.51. The Balaban J connectivity index is 2.23. The molecule has 27 heavy (non-hydrogen) atoms. The number of Topliss-reactive ketones (excluding diaryl/α,β-unsaturated/α-hetero) is 1. The summed E-state index contributed by atoms with van der Waals surface area (Å²) in [7, 11) is 0. The molecule has 1 saturated heterocycles. The normalized spacial score (nSPS) is 15.3. The first kappa shape index (κ1) is 20.8. The summed E-state index contributed by atoms with van der Waals surface area (Å²) < 4.78 is 9.87. The molecule has 1 fully saturated rings. The van der Waals surface area contributed by atoms with E-state index in [0.29, 0.717) is 21.8 Å². The maximum Gasteiger partial charge on any atom is 0.340 e. The van der Waals surface area contributed by atoms with Crippen molar-refractivity contribution in [2.24, 2.45) is 0 Å². The second-order valence-electron chi connectivity index (χ2n) is 5.77. The highest BCUT2D eigenvalue weighted by atomic mass is 32.2. The Kier molecular flexibility index (Phi) is 6.84. The lowest BCUT2D eigenvalue weighted by atomic mass is 10.1. The summed E-state index contributed by atoms with van der Waals surface area (Å²) in [5.74, 6) is -1.55. The van der Waals surface area contributed by atoms with Gasteiger partial charge in [-0.3, -0.25) is 14.5 Å². The van der Waals surface area contributed by atoms with Gasteiger partial charge in [-0.25, -0.2) is 9.59 Å². The number of amides is 1. The quantitative estimate of drug-likeness (QED) is 0.428. The highest BCUT2D eigenvalue weighted by molar-refractivity contribution is 8.04. The van der Waals surface area contributed by atoms with Gasteiger partial charge in [-0.15, -0.1) is 0 Å². The van der Waals surface area contributed by atoms with E-state index >= 15 is 0 Å². The van der Waals surface area contributed by atoms with Crippen molar-refractivity contribution in [3.05, 3.63) is 33.6 Å². The maximum absolute atomic E-state index is 12.7. The van der Waals surface area contributed by atoms with Crippen LogP contribution in [0.25, 0.3) is 0 Å². The van der Waals surface area contributed by atoms with E-state index in [1.165, 1.54) is 22.7 Å². The lowest BCUT2D eigenvalue weighted by Gasteiger charge is -2.16. The molecule has 2 heterocycles. The topological polar surface area (TPSA) is 106 Å². The molecule has 0 spiro atoms. The molecular weight excluding hydrogens is 372 g/mol. The van der Waals surface area contributed by atoms with Gasteiger partial charge >= 0.3 is 11.9 Å². The predicted octanol–water partition coefficient (Wildman–Crippen LogP) is 1.97. The highest BCUT2D eigenvalue weighted by Crippen LogP contribution is 2.29. The summed E-state index contributed by atoms with van der Waals surface area (Å²) in [5.41, 5.74) is 1.57. The van der Waals surface area contributed by atoms with Crippen molar-refractivity contribution in [2.75, 3.05) is 25.5 Å². The second kappa shape index (κ2) is 8.90. The minimum absolute atomic E-state index is 0.148. The van der Waals surface area contributed by atoms with Crippen molar-refractivity contribution in [1.82, 2.24) is 9.88 Å². The van der Waals surface area contributed by atoms with Crippen LogP contribution in [-0.4, -0.2) is 59.0 Å². The molecule has 1 aromatic heterocycles. The minimum Gasteiger partial charge on any atom is -0.463 e. The van der Waals surface area contributed by atoms with Crippen LogP contribution in [0.2, 0.25) is 0 Å². The van der Waals surface area contributed by atoms with Gasteiger partial charge in [-0.05, 0) is 33.3 Å². The van der Waals surface area contributed by atoms with Gasteiger partial charge in [-0.1, -0.05) is 11.8 Å². The molecule has 0 unspecified atom stereocenters. The Hall–Kier alpha value is -2.55. The fourth-order valence-corrected chi connectivity index (χ4v) is 3.67. The average Bonchev–Trinajstić information content (AvgIpc) is 3.08. The molecule has 146 valence electrons. The molecule has 8 nitrogen and oxygen atoms in total. The van der Waals surface area contributed by atoms with E-state index in [9.17, 15) is 19.2 Å². The molecule has 1 amide bonds. The summed E-state index contributed by atoms with van der Waals surface area (Å²) in [5, 5.41) is 0.373. The first-order chi connectivity index (χ1) is 12.8. The van der Waals surface area contributed by atoms with Crippen molar-refractivity contribution < 1.29 is 28.7 Å². The Bertz CT molecular complexity index is 811. The number of carbonyl (C=O) groups excluding carboxylic acids is 4. The zero-order valence-corrected chi connectivity index (χ0v) is 16.5. The fourth-order valence-electron chi connectivity index (χ4n) is 2.75. The Morgan fingerprint density at radius 1 is 1.19 bits per heavy atom. The van der Waals surface area contributed by atoms with Gasteiger partial charge in [0.2, 0.25) is 5.91 Å². The molecule has 0 aliphatic carbocycles. The number of nitrogens with one attached hydrogen (secondary N) is 1. The fraction of sp³-hybridized carbons (Fsp3) is 0.444. The lowest BCUT2D eigenvalue weighted by molar-refractivity contribution is -0.137. The van der Waals surface area contributed by atoms with Crippen molar-refractivity contribution in [1.29, 1.82) is 0 Å². The molecule has 0 bridgehead atoms. The number of carbonyl (C=O) groups is 4. The number of ketones is 1. The maximum atomic E-state index is 12.7. The number of hydrogen-bond acceptors (Lipinski definition) is 7. The van der Waals surface area contributed by atoms with Crippen LogP contribution in [0, 0.1) is 13.8 Å². The standard InChI is InChI=1S/C18H22N2O6S/c1-5-25-15(23)7-14-20(13(22)9-27-14)8-12(21)17-10(3)16(11(4)19-17)18(24)26-6-2/h7,19H,5-6,8-9H2,1-4H3/b14-7-. The molecule has 1 N–H and O–H groups in total. The van der Waals surface area contributed by atoms with E-state index in [1.807, 2.05) is 0 Å². The van der Waals surface area contributed by atoms with Gasteiger partial charge in [0.15, 0.2) is 5.78 Å². The second-order valence-corrected chi connectivity index (χ2v) is 6.77. The van der Waals surface area contributed by atoms with Crippen LogP contribution in [0.5, 0.6) is 0 Å². The Morgan fingerprint density at radius 2 is 1.85 bits per heavy atom. The zero-order chi connectivity index (χ0) is 20.1. The Labute approximate surface area is 161 Å². The number of aromatic amines is 1. The van der Waals surface area contributed by atoms with Crippen LogP contribution in [0.4, 0.5) is 0 Å². The molecule has 0 atom stereocenters. The van der Waals surface area contributed by atoms with Gasteiger partial charge in [0, 0.05) is 5.69 Å². The molecule has 1 aliphatic rings. The molecule has 9 heteroatoms. The van der Waals surface area contributed by atoms with E-state index < -0.39 is 11.9 Å². The lowest BCUT2D eigenvalue weighted by Crippen LogP contribution is -2.31. The zero-order valence-electron chi connectivity index (χ0n) is 15.7. The molecule has 2 rings (SSSR count). The van der Waals surface area contributed by atoms with E-state index in [1.54, 1.807) is 27.7 Å². The number of thioether (sulfide) groups is 1. The third-order valence-electron chi connectivity index (χ3n) is 3.94. The number of hydrogen-bond donors (Lipinski definition) is 1. The van der Waals surface area contributed by atoms with E-state index in [0.717, 1.165) is 0 Å². The third-order valence-corrected chi connectivity index (χ3v) is 4.96. The number of rotatable bonds is 7. The van der Waals surface area contributed by atoms with Gasteiger partial charge in [0.25, 0.3) is 0 Å². The van der Waals surface area contributed by atoms with Crippen molar-refractivity contribution >= 4 is 35.4 Å². The summed E-state index contributed by atoms with van der Waals surface area (Å²) >= 11 is 1.17. The molecule has 0 saturated carbocycles. The van der Waals surface area contributed by atoms with Gasteiger partial charge in [0.05, 0.1) is 47.9 Å². The molecule has 0 radical (unpaired) electrons.